The minimum absolute atomic E-state index is 0.179. The van der Waals surface area contributed by atoms with Crippen LogP contribution in [0.15, 0.2) is 45.8 Å². The molecule has 0 saturated carbocycles. The predicted octanol–water partition coefficient (Wildman–Crippen LogP) is 5.57. The van der Waals surface area contributed by atoms with Crippen molar-refractivity contribution in [2.45, 2.75) is 23.9 Å². The summed E-state index contributed by atoms with van der Waals surface area (Å²) in [5, 5.41) is 4.20. The van der Waals surface area contributed by atoms with Crippen LogP contribution in [0.1, 0.15) is 23.6 Å². The second kappa shape index (κ2) is 6.69. The van der Waals surface area contributed by atoms with Gasteiger partial charge in [0.2, 0.25) is 0 Å². The molecule has 0 fully saturated rings. The van der Waals surface area contributed by atoms with Crippen molar-refractivity contribution >= 4 is 39.3 Å². The maximum absolute atomic E-state index is 13.8. The third kappa shape index (κ3) is 3.62. The molecular formula is C16H14BrClFNS. The molecule has 110 valence electrons. The summed E-state index contributed by atoms with van der Waals surface area (Å²) in [5.74, 6) is 0.884. The second-order valence-electron chi connectivity index (χ2n) is 4.99. The number of hydrogen-bond donors (Lipinski definition) is 1. The first kappa shape index (κ1) is 15.3. The molecule has 21 heavy (non-hydrogen) atoms. The summed E-state index contributed by atoms with van der Waals surface area (Å²) < 4.78 is 14.7. The van der Waals surface area contributed by atoms with E-state index in [0.29, 0.717) is 12.1 Å². The fourth-order valence-corrected chi connectivity index (χ4v) is 4.18. The first-order chi connectivity index (χ1) is 10.1. The van der Waals surface area contributed by atoms with Crippen LogP contribution >= 0.6 is 39.3 Å². The third-order valence-corrected chi connectivity index (χ3v) is 5.41. The average Bonchev–Trinajstić information content (AvgIpc) is 2.48. The standard InChI is InChI=1S/C16H14BrClFNS/c17-11-1-3-14(19)10(7-11)9-20-15-5-6-21-16-4-2-12(18)8-13(15)16/h1-4,7-8,15,20H,5-6,9H2. The van der Waals surface area contributed by atoms with E-state index in [0.717, 1.165) is 21.7 Å². The first-order valence-electron chi connectivity index (χ1n) is 6.73. The Bertz CT molecular complexity index is 665. The first-order valence-corrected chi connectivity index (χ1v) is 8.89. The molecule has 1 atom stereocenters. The van der Waals surface area contributed by atoms with Gasteiger partial charge in [-0.05, 0) is 54.1 Å². The summed E-state index contributed by atoms with van der Waals surface area (Å²) in [5.41, 5.74) is 1.89. The second-order valence-corrected chi connectivity index (χ2v) is 7.48. The molecule has 1 aliphatic rings. The minimum Gasteiger partial charge on any atom is -0.306 e. The lowest BCUT2D eigenvalue weighted by atomic mass is 10.0. The predicted molar refractivity (Wildman–Crippen MR) is 90.5 cm³/mol. The van der Waals surface area contributed by atoms with E-state index in [1.807, 2.05) is 30.0 Å². The smallest absolute Gasteiger partial charge is 0.127 e. The molecule has 2 aromatic rings. The summed E-state index contributed by atoms with van der Waals surface area (Å²) in [7, 11) is 0. The fourth-order valence-electron chi connectivity index (χ4n) is 2.49. The number of benzene rings is 2. The molecule has 1 aliphatic heterocycles. The summed E-state index contributed by atoms with van der Waals surface area (Å²) in [6, 6.07) is 11.2. The Balaban J connectivity index is 1.78. The Morgan fingerprint density at radius 2 is 2.14 bits per heavy atom. The Morgan fingerprint density at radius 3 is 3.00 bits per heavy atom. The van der Waals surface area contributed by atoms with Gasteiger partial charge in [-0.25, -0.2) is 4.39 Å². The van der Waals surface area contributed by atoms with Gasteiger partial charge in [-0.1, -0.05) is 27.5 Å². The van der Waals surface area contributed by atoms with Gasteiger partial charge in [-0.15, -0.1) is 11.8 Å². The Morgan fingerprint density at radius 1 is 1.29 bits per heavy atom. The van der Waals surface area contributed by atoms with Crippen LogP contribution < -0.4 is 5.32 Å². The summed E-state index contributed by atoms with van der Waals surface area (Å²) in [6.07, 6.45) is 1.02. The van der Waals surface area contributed by atoms with Crippen molar-refractivity contribution in [2.24, 2.45) is 0 Å². The molecule has 1 N–H and O–H groups in total. The lowest BCUT2D eigenvalue weighted by Gasteiger charge is -2.26. The topological polar surface area (TPSA) is 12.0 Å². The van der Waals surface area contributed by atoms with Crippen LogP contribution in [0.2, 0.25) is 5.02 Å². The van der Waals surface area contributed by atoms with Crippen LogP contribution in [0.5, 0.6) is 0 Å². The van der Waals surface area contributed by atoms with E-state index in [-0.39, 0.29) is 11.9 Å². The highest BCUT2D eigenvalue weighted by Crippen LogP contribution is 2.37. The number of halogens is 3. The van der Waals surface area contributed by atoms with E-state index in [1.165, 1.54) is 16.5 Å². The molecule has 0 aromatic heterocycles. The van der Waals surface area contributed by atoms with Crippen molar-refractivity contribution in [3.05, 3.63) is 62.8 Å². The molecule has 0 saturated heterocycles. The lowest BCUT2D eigenvalue weighted by Crippen LogP contribution is -2.24. The van der Waals surface area contributed by atoms with Crippen molar-refractivity contribution in [3.8, 4) is 0 Å². The van der Waals surface area contributed by atoms with Gasteiger partial charge < -0.3 is 5.32 Å². The molecule has 2 aromatic carbocycles. The van der Waals surface area contributed by atoms with Gasteiger partial charge in [0.25, 0.3) is 0 Å². The summed E-state index contributed by atoms with van der Waals surface area (Å²) >= 11 is 11.3. The van der Waals surface area contributed by atoms with Gasteiger partial charge in [-0.2, -0.15) is 0 Å². The van der Waals surface area contributed by atoms with E-state index in [4.69, 9.17) is 11.6 Å². The number of hydrogen-bond acceptors (Lipinski definition) is 2. The van der Waals surface area contributed by atoms with Crippen LogP contribution in [0.3, 0.4) is 0 Å². The Labute approximate surface area is 141 Å². The zero-order valence-electron chi connectivity index (χ0n) is 11.2. The lowest BCUT2D eigenvalue weighted by molar-refractivity contribution is 0.497. The molecule has 1 unspecified atom stereocenters. The molecule has 3 rings (SSSR count). The van der Waals surface area contributed by atoms with E-state index in [2.05, 4.69) is 27.3 Å². The monoisotopic (exact) mass is 385 g/mol. The molecular weight excluding hydrogens is 373 g/mol. The van der Waals surface area contributed by atoms with Crippen molar-refractivity contribution in [1.29, 1.82) is 0 Å². The Hall–Kier alpha value is -0.550. The van der Waals surface area contributed by atoms with E-state index in [9.17, 15) is 4.39 Å². The zero-order chi connectivity index (χ0) is 14.8. The highest BCUT2D eigenvalue weighted by atomic mass is 79.9. The van der Waals surface area contributed by atoms with Crippen molar-refractivity contribution in [1.82, 2.24) is 5.32 Å². The van der Waals surface area contributed by atoms with Crippen LogP contribution in [0.4, 0.5) is 4.39 Å². The zero-order valence-corrected chi connectivity index (χ0v) is 14.4. The average molecular weight is 387 g/mol. The molecule has 0 bridgehead atoms. The van der Waals surface area contributed by atoms with Crippen molar-refractivity contribution in [2.75, 3.05) is 5.75 Å². The van der Waals surface area contributed by atoms with Crippen molar-refractivity contribution in [3.63, 3.8) is 0 Å². The molecule has 1 heterocycles. The van der Waals surface area contributed by atoms with Crippen LogP contribution in [0, 0.1) is 5.82 Å². The molecule has 5 heteroatoms. The highest BCUT2D eigenvalue weighted by Gasteiger charge is 2.20. The van der Waals surface area contributed by atoms with Crippen LogP contribution in [-0.2, 0) is 6.54 Å². The minimum atomic E-state index is -0.179. The third-order valence-electron chi connectivity index (χ3n) is 3.56. The van der Waals surface area contributed by atoms with Gasteiger partial charge in [0.05, 0.1) is 0 Å². The summed E-state index contributed by atoms with van der Waals surface area (Å²) in [6.45, 7) is 0.507. The molecule has 0 radical (unpaired) electrons. The molecule has 0 amide bonds. The maximum Gasteiger partial charge on any atom is 0.127 e. The van der Waals surface area contributed by atoms with Crippen LogP contribution in [-0.4, -0.2) is 5.75 Å². The van der Waals surface area contributed by atoms with E-state index >= 15 is 0 Å². The summed E-state index contributed by atoms with van der Waals surface area (Å²) in [4.78, 5) is 1.26. The van der Waals surface area contributed by atoms with Gasteiger partial charge in [0, 0.05) is 32.5 Å². The van der Waals surface area contributed by atoms with E-state index < -0.39 is 0 Å². The quantitative estimate of drug-likeness (QED) is 0.740. The SMILES string of the molecule is Fc1ccc(Br)cc1CNC1CCSc2ccc(Cl)cc21. The Kier molecular flexibility index (Phi) is 4.89. The van der Waals surface area contributed by atoms with Gasteiger partial charge in [0.1, 0.15) is 5.82 Å². The largest absolute Gasteiger partial charge is 0.306 e. The normalized spacial score (nSPS) is 17.6. The van der Waals surface area contributed by atoms with Gasteiger partial charge >= 0.3 is 0 Å². The van der Waals surface area contributed by atoms with Crippen LogP contribution in [0.25, 0.3) is 0 Å². The maximum atomic E-state index is 13.8. The number of nitrogens with one attached hydrogen (secondary N) is 1. The van der Waals surface area contributed by atoms with E-state index in [1.54, 1.807) is 6.07 Å². The van der Waals surface area contributed by atoms with Gasteiger partial charge in [0.15, 0.2) is 0 Å². The van der Waals surface area contributed by atoms with Crippen molar-refractivity contribution < 1.29 is 4.39 Å². The molecule has 0 aliphatic carbocycles. The van der Waals surface area contributed by atoms with Gasteiger partial charge in [-0.3, -0.25) is 0 Å². The highest BCUT2D eigenvalue weighted by molar-refractivity contribution is 9.10. The number of rotatable bonds is 3. The fraction of sp³-hybridized carbons (Fsp3) is 0.250. The number of thioether (sulfide) groups is 1. The molecule has 1 nitrogen and oxygen atoms in total. The molecule has 0 spiro atoms. The number of fused-ring (bicyclic) bond motifs is 1.